The Bertz CT molecular complexity index is 6450. The number of benzene rings is 6. The van der Waals surface area contributed by atoms with Crippen LogP contribution < -0.4 is 24.8 Å². The van der Waals surface area contributed by atoms with Crippen molar-refractivity contribution in [2.75, 3.05) is 92.5 Å². The molecular weight excluding hydrogens is 1840 g/mol. The zero-order valence-electron chi connectivity index (χ0n) is 77.8. The van der Waals surface area contributed by atoms with Gasteiger partial charge in [-0.15, -0.1) is 23.2 Å². The number of quaternary nitrogens is 2. The molecule has 17 rings (SSSR count). The van der Waals surface area contributed by atoms with E-state index in [9.17, 15) is 8.42 Å². The third kappa shape index (κ3) is 26.4. The van der Waals surface area contributed by atoms with Gasteiger partial charge in [-0.3, -0.25) is 23.1 Å². The number of aromatic nitrogens is 9. The van der Waals surface area contributed by atoms with Crippen LogP contribution in [0.5, 0.6) is 0 Å². The molecule has 15 aromatic rings. The molecular formula is C99H115B3BrCl2N12O13S3. The molecule has 2 aliphatic rings. The molecule has 0 bridgehead atoms. The Morgan fingerprint density at radius 1 is 0.436 bits per heavy atom. The van der Waals surface area contributed by atoms with Crippen LogP contribution in [0, 0.1) is 0 Å². The highest BCUT2D eigenvalue weighted by Crippen LogP contribution is 2.49. The molecule has 0 atom stereocenters. The largest absolute Gasteiger partial charge is 0.748 e. The van der Waals surface area contributed by atoms with Crippen molar-refractivity contribution >= 4 is 164 Å². The van der Waals surface area contributed by atoms with Crippen molar-refractivity contribution in [2.45, 2.75) is 96.3 Å². The van der Waals surface area contributed by atoms with Crippen LogP contribution in [0.2, 0.25) is 0 Å². The van der Waals surface area contributed by atoms with Crippen LogP contribution >= 0.6 is 39.1 Å². The lowest BCUT2D eigenvalue weighted by molar-refractivity contribution is 0.00578. The van der Waals surface area contributed by atoms with Gasteiger partial charge in [-0.1, -0.05) is 189 Å². The first-order chi connectivity index (χ1) is 61.5. The number of hydrogen-bond donors (Lipinski definition) is 0. The van der Waals surface area contributed by atoms with Crippen molar-refractivity contribution in [1.29, 1.82) is 0 Å². The van der Waals surface area contributed by atoms with E-state index in [0.29, 0.717) is 21.5 Å². The number of rotatable bonds is 15. The second kappa shape index (κ2) is 44.8. The van der Waals surface area contributed by atoms with Gasteiger partial charge in [0.1, 0.15) is 32.8 Å². The Balaban J connectivity index is 0.000000212. The zero-order chi connectivity index (χ0) is 95.9. The quantitative estimate of drug-likeness (QED) is 0.0175. The molecule has 11 heterocycles. The lowest BCUT2D eigenvalue weighted by atomic mass is 9.76. The van der Waals surface area contributed by atoms with Gasteiger partial charge in [0, 0.05) is 118 Å². The van der Waals surface area contributed by atoms with Crippen molar-refractivity contribution in [3.63, 3.8) is 0 Å². The Morgan fingerprint density at radius 2 is 0.729 bits per heavy atom. The van der Waals surface area contributed by atoms with E-state index in [2.05, 4.69) is 376 Å². The van der Waals surface area contributed by atoms with E-state index in [4.69, 9.17) is 77.7 Å². The number of anilines is 1. The van der Waals surface area contributed by atoms with Crippen LogP contribution in [0.1, 0.15) is 96.2 Å². The lowest BCUT2D eigenvalue weighted by Gasteiger charge is -2.38. The van der Waals surface area contributed by atoms with Gasteiger partial charge < -0.3 is 41.8 Å². The van der Waals surface area contributed by atoms with Crippen molar-refractivity contribution in [3.05, 3.63) is 336 Å². The summed E-state index contributed by atoms with van der Waals surface area (Å²) in [6.45, 7) is 16.5. The van der Waals surface area contributed by atoms with E-state index in [1.165, 1.54) is 16.7 Å². The predicted molar refractivity (Wildman–Crippen MR) is 546 cm³/mol. The standard InChI is InChI=1S/C37H32N5.C29H20BrN3.C14H24BN2O2.C13H21BN2O2.C2H6O3S.CH2Cl2.2CH4O3S.CH4.B/c1-42(2,3)35-25-27(21-24-39-35)33-20-19-31-32-26-38-23-22-34(32)41(36(31)40-33)37(28-13-7-4-8-14-28,29-15-9-5-10-16-29)30-17-11-6-12-18-30;30-27-17-16-24-25-20-31-19-18-26(25)33(28(24)32-27)29(21-10-4-1-5-11-21,22-12-6-2-7-13-22)23-14-8-3-9-15-23;1-13(2)14(3,4)19-15(18-13)11-8-9-16-12(10-11)17(5,6)7;1-12(2)13(3,4)18-14(17-12)10-7-8-15-11(9-10)16(5)6;1-5-6(2,3)4;2-1-3;2*1-5(2,3)4;;/h4-26H,1-3H3;1-20H;8-10H,1-7H3;7-9H,1-6H3;1-2H3;1H2;2*1H3,(H,2,3,4);1H4;/q+1;;+1;;;;;;;/p-2. The smallest absolute Gasteiger partial charge is 0.495 e. The number of pyridine rings is 7. The average Bonchev–Trinajstić information content (AvgIpc) is 1.57. The summed E-state index contributed by atoms with van der Waals surface area (Å²) in [5, 5.41) is 4.49. The number of fused-ring (bicyclic) bond motifs is 6. The minimum atomic E-state index is -3.92. The van der Waals surface area contributed by atoms with Crippen molar-refractivity contribution in [2.24, 2.45) is 0 Å². The van der Waals surface area contributed by atoms with Gasteiger partial charge in [0.15, 0.2) is 0 Å². The van der Waals surface area contributed by atoms with Crippen LogP contribution in [0.15, 0.2) is 303 Å². The predicted octanol–water partition coefficient (Wildman–Crippen LogP) is 17.5. The lowest BCUT2D eigenvalue weighted by Crippen LogP contribution is -2.41. The molecule has 25 nitrogen and oxygen atoms in total. The maximum absolute atomic E-state index is 9.78. The summed E-state index contributed by atoms with van der Waals surface area (Å²) in [7, 11) is 6.08. The second-order valence-electron chi connectivity index (χ2n) is 34.9. The van der Waals surface area contributed by atoms with E-state index < -0.39 is 41.4 Å². The van der Waals surface area contributed by atoms with Gasteiger partial charge in [0.05, 0.1) is 120 Å². The molecule has 697 valence electrons. The first kappa shape index (κ1) is 108. The monoisotopic (exact) mass is 1960 g/mol. The van der Waals surface area contributed by atoms with E-state index in [1.54, 1.807) is 6.20 Å². The molecule has 0 spiro atoms. The van der Waals surface area contributed by atoms with Crippen molar-refractivity contribution < 1.29 is 57.2 Å². The number of alkyl halides is 2. The van der Waals surface area contributed by atoms with E-state index >= 15 is 0 Å². The molecule has 0 amide bonds. The minimum absolute atomic E-state index is 0. The van der Waals surface area contributed by atoms with Gasteiger partial charge in [-0.05, 0) is 176 Å². The third-order valence-corrected chi connectivity index (χ3v) is 23.4. The summed E-state index contributed by atoms with van der Waals surface area (Å²) in [5.74, 6) is 2.88. The SMILES string of the molecule is Brc1ccc2c3cnccc3n(C(c3ccccc3)(c3ccccc3)c3ccccc3)c2n1.C.CC1(C)OB(c2ccnc([N+](C)(C)C)c2)OC1(C)C.CN(C)c1cc(B2OC(C)(C)C(C)(C)O2)ccn1.COS(C)(=O)=O.CS(=O)(=O)[O-].CS(=O)(=O)[O-].C[N+](C)(C)c1cc(-c2ccc3c4cnccc4n(C(c4ccccc4)(c4ccccc4)c4ccccc4)c3n2)ccn1.ClCCl.[B]. The van der Waals surface area contributed by atoms with Crippen LogP contribution in [0.3, 0.4) is 0 Å². The van der Waals surface area contributed by atoms with Crippen LogP contribution in [0.4, 0.5) is 17.5 Å². The summed E-state index contributed by atoms with van der Waals surface area (Å²) >= 11 is 13.1. The first-order valence-corrected chi connectivity index (χ1v) is 48.9. The average molecular weight is 1960 g/mol. The Hall–Kier alpha value is -10.5. The fourth-order valence-electron chi connectivity index (χ4n) is 14.8. The molecule has 3 radical (unpaired) electrons. The normalized spacial score (nSPS) is 14.3. The highest BCUT2D eigenvalue weighted by molar-refractivity contribution is 9.10. The molecule has 133 heavy (non-hydrogen) atoms. The molecule has 6 aromatic carbocycles. The van der Waals surface area contributed by atoms with Crippen molar-refractivity contribution in [3.8, 4) is 11.3 Å². The van der Waals surface area contributed by atoms with Gasteiger partial charge >= 0.3 is 14.2 Å². The Labute approximate surface area is 804 Å². The first-order valence-electron chi connectivity index (χ1n) is 41.6. The minimum Gasteiger partial charge on any atom is -0.748 e. The summed E-state index contributed by atoms with van der Waals surface area (Å²) in [5.41, 5.74) is 12.3. The molecule has 0 saturated carbocycles. The summed E-state index contributed by atoms with van der Waals surface area (Å²) < 4.78 is 109. The molecule has 34 heteroatoms. The Morgan fingerprint density at radius 3 is 1.05 bits per heavy atom. The van der Waals surface area contributed by atoms with Gasteiger partial charge in [-0.25, -0.2) is 41.8 Å². The molecule has 0 aliphatic carbocycles. The maximum Gasteiger partial charge on any atom is 0.495 e. The van der Waals surface area contributed by atoms with Crippen LogP contribution in [0.25, 0.3) is 55.1 Å². The van der Waals surface area contributed by atoms with Gasteiger partial charge in [-0.2, -0.15) is 8.42 Å². The Kier molecular flexibility index (Phi) is 36.3. The van der Waals surface area contributed by atoms with E-state index in [-0.39, 0.29) is 57.8 Å². The zero-order valence-corrected chi connectivity index (χ0v) is 83.3. The van der Waals surface area contributed by atoms with Gasteiger partial charge in [0.25, 0.3) is 10.1 Å². The fourth-order valence-corrected chi connectivity index (χ4v) is 15.1. The number of nitrogens with zero attached hydrogens (tertiary/aromatic N) is 12. The van der Waals surface area contributed by atoms with Crippen molar-refractivity contribution in [1.82, 2.24) is 53.0 Å². The highest BCUT2D eigenvalue weighted by Gasteiger charge is 2.53. The number of halogens is 3. The molecule has 2 saturated heterocycles. The topological polar surface area (TPSA) is 298 Å². The molecule has 0 unspecified atom stereocenters. The fraction of sp³-hybridized carbons (Fsp3) is 0.283. The van der Waals surface area contributed by atoms with Gasteiger partial charge in [0.2, 0.25) is 11.6 Å². The highest BCUT2D eigenvalue weighted by atomic mass is 79.9. The molecule has 2 fully saturated rings. The van der Waals surface area contributed by atoms with E-state index in [0.717, 1.165) is 118 Å². The molecule has 9 aromatic heterocycles. The maximum atomic E-state index is 9.78. The third-order valence-electron chi connectivity index (χ3n) is 22.4. The summed E-state index contributed by atoms with van der Waals surface area (Å²) in [4.78, 5) is 34.8. The van der Waals surface area contributed by atoms with E-state index in [1.807, 2.05) is 86.5 Å². The summed E-state index contributed by atoms with van der Waals surface area (Å²) in [6.07, 6.45) is 15.3. The van der Waals surface area contributed by atoms with Crippen LogP contribution in [-0.4, -0.2) is 211 Å². The molecule has 0 N–H and O–H groups in total. The van der Waals surface area contributed by atoms with Crippen LogP contribution in [-0.2, 0) is 64.2 Å². The number of hydrogen-bond acceptors (Lipinski definition) is 21. The molecule has 2 aliphatic heterocycles. The summed E-state index contributed by atoms with van der Waals surface area (Å²) in [6, 6.07) is 89.1. The second-order valence-corrected chi connectivity index (χ2v) is 41.1.